The zero-order valence-electron chi connectivity index (χ0n) is 16.4. The van der Waals surface area contributed by atoms with Gasteiger partial charge in [-0.1, -0.05) is 35.9 Å². The molecule has 1 saturated heterocycles. The van der Waals surface area contributed by atoms with E-state index in [2.05, 4.69) is 4.74 Å². The van der Waals surface area contributed by atoms with Crippen molar-refractivity contribution in [1.29, 1.82) is 0 Å². The standard InChI is InChI=1S/C21H22F2N2O4S/c1-16-6-9-18(10-7-16)30(27,28)25-14-12-24(13-15-25)20(26)11-8-17-4-2-3-5-19(17)29-21(22)23/h2-11,21H,12-15H2,1H3/b11-8+. The first kappa shape index (κ1) is 21.9. The first-order valence-electron chi connectivity index (χ1n) is 9.35. The van der Waals surface area contributed by atoms with Crippen LogP contribution in [0.4, 0.5) is 8.78 Å². The van der Waals surface area contributed by atoms with Crippen molar-refractivity contribution in [3.05, 3.63) is 65.7 Å². The fraction of sp³-hybridized carbons (Fsp3) is 0.286. The molecule has 0 N–H and O–H groups in total. The third kappa shape index (κ3) is 5.22. The summed E-state index contributed by atoms with van der Waals surface area (Å²) in [6.45, 7) is -0.236. The third-order valence-corrected chi connectivity index (χ3v) is 6.66. The molecule has 0 aromatic heterocycles. The maximum atomic E-state index is 12.7. The van der Waals surface area contributed by atoms with E-state index in [1.807, 2.05) is 6.92 Å². The van der Waals surface area contributed by atoms with Crippen LogP contribution in [-0.4, -0.2) is 56.3 Å². The monoisotopic (exact) mass is 436 g/mol. The van der Waals surface area contributed by atoms with Gasteiger partial charge in [0.05, 0.1) is 4.90 Å². The molecule has 0 unspecified atom stereocenters. The van der Waals surface area contributed by atoms with Crippen LogP contribution in [-0.2, 0) is 14.8 Å². The predicted molar refractivity (Wildman–Crippen MR) is 109 cm³/mol. The lowest BCUT2D eigenvalue weighted by Crippen LogP contribution is -2.50. The van der Waals surface area contributed by atoms with Crippen LogP contribution in [0.3, 0.4) is 0 Å². The van der Waals surface area contributed by atoms with Gasteiger partial charge in [0.15, 0.2) is 0 Å². The predicted octanol–water partition coefficient (Wildman–Crippen LogP) is 3.14. The molecule has 6 nitrogen and oxygen atoms in total. The highest BCUT2D eigenvalue weighted by molar-refractivity contribution is 7.89. The highest BCUT2D eigenvalue weighted by atomic mass is 32.2. The second kappa shape index (κ2) is 9.36. The van der Waals surface area contributed by atoms with E-state index in [9.17, 15) is 22.0 Å². The van der Waals surface area contributed by atoms with Crippen LogP contribution in [0, 0.1) is 6.92 Å². The lowest BCUT2D eigenvalue weighted by Gasteiger charge is -2.33. The van der Waals surface area contributed by atoms with Gasteiger partial charge in [0.2, 0.25) is 15.9 Å². The van der Waals surface area contributed by atoms with Crippen LogP contribution in [0.5, 0.6) is 5.75 Å². The zero-order chi connectivity index (χ0) is 21.7. The van der Waals surface area contributed by atoms with E-state index < -0.39 is 16.6 Å². The minimum atomic E-state index is -3.61. The Labute approximate surface area is 174 Å². The van der Waals surface area contributed by atoms with Gasteiger partial charge in [-0.3, -0.25) is 4.79 Å². The van der Waals surface area contributed by atoms with Crippen molar-refractivity contribution in [2.45, 2.75) is 18.4 Å². The van der Waals surface area contributed by atoms with Crippen molar-refractivity contribution in [2.75, 3.05) is 26.2 Å². The van der Waals surface area contributed by atoms with E-state index in [0.717, 1.165) is 5.56 Å². The summed E-state index contributed by atoms with van der Waals surface area (Å²) in [5.74, 6) is -0.347. The Morgan fingerprint density at radius 3 is 2.30 bits per heavy atom. The second-order valence-electron chi connectivity index (χ2n) is 6.79. The van der Waals surface area contributed by atoms with E-state index in [0.29, 0.717) is 5.56 Å². The van der Waals surface area contributed by atoms with Crippen LogP contribution >= 0.6 is 0 Å². The number of alkyl halides is 2. The molecule has 2 aromatic carbocycles. The smallest absolute Gasteiger partial charge is 0.387 e. The van der Waals surface area contributed by atoms with Crippen molar-refractivity contribution < 1.29 is 26.7 Å². The summed E-state index contributed by atoms with van der Waals surface area (Å²) < 4.78 is 56.3. The Morgan fingerprint density at radius 2 is 1.67 bits per heavy atom. The van der Waals surface area contributed by atoms with E-state index in [4.69, 9.17) is 0 Å². The average Bonchev–Trinajstić information content (AvgIpc) is 2.73. The molecule has 1 fully saturated rings. The molecule has 1 amide bonds. The summed E-state index contributed by atoms with van der Waals surface area (Å²) in [5.41, 5.74) is 1.32. The number of amides is 1. The number of carbonyl (C=O) groups excluding carboxylic acids is 1. The Bertz CT molecular complexity index is 1020. The molecule has 160 valence electrons. The van der Waals surface area contributed by atoms with Gasteiger partial charge < -0.3 is 9.64 Å². The molecule has 1 heterocycles. The largest absolute Gasteiger partial charge is 0.434 e. The lowest BCUT2D eigenvalue weighted by atomic mass is 10.2. The van der Waals surface area contributed by atoms with Gasteiger partial charge in [-0.25, -0.2) is 8.42 Å². The Balaban J connectivity index is 1.62. The second-order valence-corrected chi connectivity index (χ2v) is 8.73. The number of nitrogens with zero attached hydrogens (tertiary/aromatic N) is 2. The molecule has 0 spiro atoms. The number of sulfonamides is 1. The molecule has 1 aliphatic heterocycles. The van der Waals surface area contributed by atoms with Crippen molar-refractivity contribution in [1.82, 2.24) is 9.21 Å². The first-order chi connectivity index (χ1) is 14.3. The van der Waals surface area contributed by atoms with Gasteiger partial charge in [0.1, 0.15) is 5.75 Å². The number of aryl methyl sites for hydroxylation is 1. The zero-order valence-corrected chi connectivity index (χ0v) is 17.2. The van der Waals surface area contributed by atoms with Crippen LogP contribution in [0.15, 0.2) is 59.5 Å². The van der Waals surface area contributed by atoms with Gasteiger partial charge in [-0.2, -0.15) is 13.1 Å². The van der Waals surface area contributed by atoms with Crippen LogP contribution < -0.4 is 4.74 Å². The SMILES string of the molecule is Cc1ccc(S(=O)(=O)N2CCN(C(=O)/C=C/c3ccccc3OC(F)F)CC2)cc1. The van der Waals surface area contributed by atoms with Crippen molar-refractivity contribution in [3.8, 4) is 5.75 Å². The molecule has 30 heavy (non-hydrogen) atoms. The average molecular weight is 436 g/mol. The Hall–Kier alpha value is -2.78. The van der Waals surface area contributed by atoms with Gasteiger partial charge in [0.25, 0.3) is 0 Å². The number of ether oxygens (including phenoxy) is 1. The van der Waals surface area contributed by atoms with E-state index in [-0.39, 0.29) is 42.7 Å². The minimum Gasteiger partial charge on any atom is -0.434 e. The highest BCUT2D eigenvalue weighted by Gasteiger charge is 2.29. The fourth-order valence-corrected chi connectivity index (χ4v) is 4.52. The third-order valence-electron chi connectivity index (χ3n) is 4.75. The quantitative estimate of drug-likeness (QED) is 0.653. The van der Waals surface area contributed by atoms with Gasteiger partial charge in [0, 0.05) is 37.8 Å². The summed E-state index contributed by atoms with van der Waals surface area (Å²) in [4.78, 5) is 14.2. The van der Waals surface area contributed by atoms with Crippen LogP contribution in [0.1, 0.15) is 11.1 Å². The number of halogens is 2. The molecule has 0 atom stereocenters. The van der Waals surface area contributed by atoms with Crippen LogP contribution in [0.25, 0.3) is 6.08 Å². The molecule has 9 heteroatoms. The first-order valence-corrected chi connectivity index (χ1v) is 10.8. The maximum absolute atomic E-state index is 12.7. The summed E-state index contributed by atoms with van der Waals surface area (Å²) in [6.07, 6.45) is 2.69. The van der Waals surface area contributed by atoms with Crippen molar-refractivity contribution >= 4 is 22.0 Å². The van der Waals surface area contributed by atoms with Crippen LogP contribution in [0.2, 0.25) is 0 Å². The van der Waals surface area contributed by atoms with E-state index in [1.165, 1.54) is 27.4 Å². The minimum absolute atomic E-state index is 0.0226. The Morgan fingerprint density at radius 1 is 1.03 bits per heavy atom. The number of rotatable bonds is 6. The molecule has 0 bridgehead atoms. The maximum Gasteiger partial charge on any atom is 0.387 e. The van der Waals surface area contributed by atoms with E-state index in [1.54, 1.807) is 42.5 Å². The number of benzene rings is 2. The summed E-state index contributed by atoms with van der Waals surface area (Å²) >= 11 is 0. The molecule has 2 aromatic rings. The topological polar surface area (TPSA) is 66.9 Å². The molecule has 0 saturated carbocycles. The number of hydrogen-bond donors (Lipinski definition) is 0. The van der Waals surface area contributed by atoms with Gasteiger partial charge in [-0.05, 0) is 31.2 Å². The molecular formula is C21H22F2N2O4S. The number of piperazine rings is 1. The summed E-state index contributed by atoms with van der Waals surface area (Å²) in [7, 11) is -3.61. The summed E-state index contributed by atoms with van der Waals surface area (Å²) in [6, 6.07) is 12.8. The molecule has 0 radical (unpaired) electrons. The lowest BCUT2D eigenvalue weighted by molar-refractivity contribution is -0.127. The molecule has 0 aliphatic carbocycles. The van der Waals surface area contributed by atoms with Gasteiger partial charge in [-0.15, -0.1) is 0 Å². The molecule has 3 rings (SSSR count). The van der Waals surface area contributed by atoms with Crippen molar-refractivity contribution in [3.63, 3.8) is 0 Å². The van der Waals surface area contributed by atoms with E-state index >= 15 is 0 Å². The summed E-state index contributed by atoms with van der Waals surface area (Å²) in [5, 5.41) is 0. The van der Waals surface area contributed by atoms with Gasteiger partial charge >= 0.3 is 6.61 Å². The molecular weight excluding hydrogens is 414 g/mol. The van der Waals surface area contributed by atoms with Crippen molar-refractivity contribution in [2.24, 2.45) is 0 Å². The highest BCUT2D eigenvalue weighted by Crippen LogP contribution is 2.22. The molecule has 1 aliphatic rings. The normalized spacial score (nSPS) is 15.7. The number of carbonyl (C=O) groups is 1. The number of para-hydroxylation sites is 1. The Kier molecular flexibility index (Phi) is 6.84. The number of hydrogen-bond acceptors (Lipinski definition) is 4. The fourth-order valence-electron chi connectivity index (χ4n) is 3.10.